The second-order valence-corrected chi connectivity index (χ2v) is 1.80. The summed E-state index contributed by atoms with van der Waals surface area (Å²) in [5.74, 6) is 0. The molecular formula is C7H9N2-. The number of aromatic nitrogens is 1. The third kappa shape index (κ3) is 1.82. The largest absolute Gasteiger partial charge is 0.660 e. The number of pyridine rings is 1. The molecular weight excluding hydrogens is 112 g/mol. The van der Waals surface area contributed by atoms with Crippen molar-refractivity contribution in [3.63, 3.8) is 0 Å². The highest BCUT2D eigenvalue weighted by Crippen LogP contribution is 1.96. The fraction of sp³-hybridized carbons (Fsp3) is 0.286. The normalized spacial score (nSPS) is 9.44. The standard InChI is InChI=1S/C7H9N2/c1-8-6-7-4-2-3-5-9-7/h2-5H,6H2,1H3/q-1. The summed E-state index contributed by atoms with van der Waals surface area (Å²) in [7, 11) is 1.79. The molecule has 0 aliphatic carbocycles. The molecule has 2 heteroatoms. The average molecular weight is 121 g/mol. The van der Waals surface area contributed by atoms with Gasteiger partial charge in [-0.2, -0.15) is 7.05 Å². The molecule has 9 heavy (non-hydrogen) atoms. The maximum Gasteiger partial charge on any atom is 0.0270 e. The van der Waals surface area contributed by atoms with Crippen molar-refractivity contribution >= 4 is 0 Å². The molecule has 0 aliphatic rings. The van der Waals surface area contributed by atoms with Crippen molar-refractivity contribution in [3.8, 4) is 0 Å². The second kappa shape index (κ2) is 3.20. The molecule has 0 spiro atoms. The Bertz CT molecular complexity index is 160. The molecule has 0 N–H and O–H groups in total. The highest BCUT2D eigenvalue weighted by atomic mass is 14.8. The van der Waals surface area contributed by atoms with Gasteiger partial charge in [0.15, 0.2) is 0 Å². The number of hydrogen-bond donors (Lipinski definition) is 0. The van der Waals surface area contributed by atoms with Crippen molar-refractivity contribution < 1.29 is 0 Å². The third-order valence-electron chi connectivity index (χ3n) is 1.05. The molecule has 1 rings (SSSR count). The minimum Gasteiger partial charge on any atom is -0.660 e. The van der Waals surface area contributed by atoms with E-state index in [0.717, 1.165) is 12.2 Å². The number of nitrogens with zero attached hydrogens (tertiary/aromatic N) is 2. The van der Waals surface area contributed by atoms with Crippen molar-refractivity contribution in [1.29, 1.82) is 0 Å². The molecule has 0 aliphatic heterocycles. The molecule has 0 radical (unpaired) electrons. The predicted octanol–water partition coefficient (Wildman–Crippen LogP) is 1.59. The first-order valence-electron chi connectivity index (χ1n) is 2.89. The molecule has 0 saturated carbocycles. The van der Waals surface area contributed by atoms with Crippen molar-refractivity contribution in [2.75, 3.05) is 7.05 Å². The third-order valence-corrected chi connectivity index (χ3v) is 1.05. The summed E-state index contributed by atoms with van der Waals surface area (Å²) in [6, 6.07) is 5.83. The van der Waals surface area contributed by atoms with E-state index in [1.54, 1.807) is 13.2 Å². The van der Waals surface area contributed by atoms with Gasteiger partial charge in [-0.05, 0) is 12.1 Å². The van der Waals surface area contributed by atoms with Crippen LogP contribution >= 0.6 is 0 Å². The molecule has 1 aromatic heterocycles. The maximum absolute atomic E-state index is 4.07. The quantitative estimate of drug-likeness (QED) is 0.583. The van der Waals surface area contributed by atoms with Gasteiger partial charge >= 0.3 is 0 Å². The second-order valence-electron chi connectivity index (χ2n) is 1.80. The summed E-state index contributed by atoms with van der Waals surface area (Å²) in [6.07, 6.45) is 1.78. The van der Waals surface area contributed by atoms with Crippen molar-refractivity contribution in [2.24, 2.45) is 0 Å². The van der Waals surface area contributed by atoms with Crippen LogP contribution in [0.1, 0.15) is 5.69 Å². The van der Waals surface area contributed by atoms with Crippen LogP contribution in [0.4, 0.5) is 0 Å². The van der Waals surface area contributed by atoms with E-state index < -0.39 is 0 Å². The molecule has 1 aromatic rings. The number of rotatable bonds is 2. The molecule has 1 heterocycles. The van der Waals surface area contributed by atoms with E-state index in [1.165, 1.54) is 0 Å². The summed E-state index contributed by atoms with van der Waals surface area (Å²) in [4.78, 5) is 4.07. The Morgan fingerprint density at radius 3 is 3.00 bits per heavy atom. The van der Waals surface area contributed by atoms with E-state index in [0.29, 0.717) is 0 Å². The Morgan fingerprint density at radius 1 is 1.56 bits per heavy atom. The summed E-state index contributed by atoms with van der Waals surface area (Å²) in [5.41, 5.74) is 1.03. The Morgan fingerprint density at radius 2 is 2.44 bits per heavy atom. The van der Waals surface area contributed by atoms with E-state index in [1.807, 2.05) is 18.2 Å². The van der Waals surface area contributed by atoms with Gasteiger partial charge in [0.1, 0.15) is 0 Å². The zero-order valence-corrected chi connectivity index (χ0v) is 5.41. The topological polar surface area (TPSA) is 27.0 Å². The smallest absolute Gasteiger partial charge is 0.0270 e. The van der Waals surface area contributed by atoms with Crippen LogP contribution in [0.15, 0.2) is 24.4 Å². The maximum atomic E-state index is 4.07. The molecule has 48 valence electrons. The van der Waals surface area contributed by atoms with Crippen LogP contribution in [0.3, 0.4) is 0 Å². The fourth-order valence-electron chi connectivity index (χ4n) is 0.654. The molecule has 0 atom stereocenters. The van der Waals surface area contributed by atoms with Crippen molar-refractivity contribution in [2.45, 2.75) is 6.54 Å². The Kier molecular flexibility index (Phi) is 2.22. The molecule has 0 unspecified atom stereocenters. The molecule has 0 fully saturated rings. The lowest BCUT2D eigenvalue weighted by Crippen LogP contribution is -1.84. The predicted molar refractivity (Wildman–Crippen MR) is 37.2 cm³/mol. The first-order chi connectivity index (χ1) is 4.43. The van der Waals surface area contributed by atoms with Crippen LogP contribution in [-0.2, 0) is 6.54 Å². The molecule has 0 bridgehead atoms. The van der Waals surface area contributed by atoms with Crippen LogP contribution < -0.4 is 0 Å². The summed E-state index contributed by atoms with van der Waals surface area (Å²) >= 11 is 0. The average Bonchev–Trinajstić information content (AvgIpc) is 1.91. The van der Waals surface area contributed by atoms with Gasteiger partial charge in [-0.1, -0.05) is 6.07 Å². The SMILES string of the molecule is C[N-]Cc1ccccn1. The lowest BCUT2D eigenvalue weighted by atomic mass is 10.3. The first-order valence-corrected chi connectivity index (χ1v) is 2.89. The molecule has 0 saturated heterocycles. The van der Waals surface area contributed by atoms with Crippen LogP contribution in [0.2, 0.25) is 0 Å². The van der Waals surface area contributed by atoms with Crippen LogP contribution in [0.5, 0.6) is 0 Å². The molecule has 0 aromatic carbocycles. The van der Waals surface area contributed by atoms with Gasteiger partial charge in [-0.3, -0.25) is 4.98 Å². The van der Waals surface area contributed by atoms with Crippen molar-refractivity contribution in [1.82, 2.24) is 4.98 Å². The fourth-order valence-corrected chi connectivity index (χ4v) is 0.654. The first kappa shape index (κ1) is 6.23. The van der Waals surface area contributed by atoms with Gasteiger partial charge in [0.2, 0.25) is 0 Å². The van der Waals surface area contributed by atoms with E-state index in [4.69, 9.17) is 0 Å². The van der Waals surface area contributed by atoms with Crippen LogP contribution in [-0.4, -0.2) is 12.0 Å². The highest BCUT2D eigenvalue weighted by Gasteiger charge is 1.78. The molecule has 0 amide bonds. The highest BCUT2D eigenvalue weighted by molar-refractivity contribution is 5.05. The van der Waals surface area contributed by atoms with Gasteiger partial charge < -0.3 is 5.32 Å². The van der Waals surface area contributed by atoms with Gasteiger partial charge in [0, 0.05) is 11.9 Å². The van der Waals surface area contributed by atoms with E-state index in [9.17, 15) is 0 Å². The van der Waals surface area contributed by atoms with Crippen LogP contribution in [0.25, 0.3) is 5.32 Å². The monoisotopic (exact) mass is 121 g/mol. The minimum atomic E-state index is 0.723. The van der Waals surface area contributed by atoms with Gasteiger partial charge in [-0.25, -0.2) is 0 Å². The van der Waals surface area contributed by atoms with Crippen LogP contribution in [0, 0.1) is 0 Å². The van der Waals surface area contributed by atoms with Gasteiger partial charge in [-0.15, -0.1) is 6.54 Å². The van der Waals surface area contributed by atoms with E-state index in [-0.39, 0.29) is 0 Å². The summed E-state index contributed by atoms with van der Waals surface area (Å²) in [6.45, 7) is 0.723. The Hall–Kier alpha value is -0.890. The summed E-state index contributed by atoms with van der Waals surface area (Å²) in [5, 5.41) is 3.94. The zero-order chi connectivity index (χ0) is 6.53. The zero-order valence-electron chi connectivity index (χ0n) is 5.41. The molecule has 2 nitrogen and oxygen atoms in total. The van der Waals surface area contributed by atoms with E-state index >= 15 is 0 Å². The van der Waals surface area contributed by atoms with Crippen molar-refractivity contribution in [3.05, 3.63) is 35.4 Å². The van der Waals surface area contributed by atoms with Gasteiger partial charge in [0.25, 0.3) is 0 Å². The lowest BCUT2D eigenvalue weighted by Gasteiger charge is -2.08. The van der Waals surface area contributed by atoms with Gasteiger partial charge in [0.05, 0.1) is 0 Å². The number of hydrogen-bond acceptors (Lipinski definition) is 1. The summed E-state index contributed by atoms with van der Waals surface area (Å²) < 4.78 is 0. The Labute approximate surface area is 54.9 Å². The minimum absolute atomic E-state index is 0.723. The Balaban J connectivity index is 2.61. The lowest BCUT2D eigenvalue weighted by molar-refractivity contribution is 1.07. The van der Waals surface area contributed by atoms with E-state index in [2.05, 4.69) is 10.3 Å².